The van der Waals surface area contributed by atoms with Crippen LogP contribution in [0.25, 0.3) is 0 Å². The fourth-order valence-corrected chi connectivity index (χ4v) is 0.568. The lowest BCUT2D eigenvalue weighted by atomic mass is 10.5. The molecule has 72 valence electrons. The van der Waals surface area contributed by atoms with E-state index in [-0.39, 0.29) is 4.91 Å². The maximum absolute atomic E-state index is 10.3. The highest BCUT2D eigenvalue weighted by molar-refractivity contribution is 7.89. The third-order valence-electron chi connectivity index (χ3n) is 0.930. The molecule has 0 atom stereocenters. The summed E-state index contributed by atoms with van der Waals surface area (Å²) in [7, 11) is -3.97. The molecule has 0 amide bonds. The Morgan fingerprint density at radius 1 is 1.33 bits per heavy atom. The fourth-order valence-electron chi connectivity index (χ4n) is 0.318. The van der Waals surface area contributed by atoms with Crippen LogP contribution in [0.3, 0.4) is 0 Å². The SMILES string of the molecule is C/C=C\C=C(/C)S(=O)(=O)O.CC. The zero-order valence-electron chi connectivity index (χ0n) is 7.90. The third kappa shape index (κ3) is 7.50. The lowest BCUT2D eigenvalue weighted by Crippen LogP contribution is -1.96. The second-order valence-electron chi connectivity index (χ2n) is 1.78. The van der Waals surface area contributed by atoms with Crippen molar-refractivity contribution in [3.8, 4) is 0 Å². The maximum Gasteiger partial charge on any atom is 0.290 e. The molecular formula is C8H16O3S. The molecule has 0 aromatic heterocycles. The van der Waals surface area contributed by atoms with Gasteiger partial charge < -0.3 is 0 Å². The van der Waals surface area contributed by atoms with Crippen molar-refractivity contribution in [3.05, 3.63) is 23.1 Å². The lowest BCUT2D eigenvalue weighted by molar-refractivity contribution is 0.491. The van der Waals surface area contributed by atoms with Crippen molar-refractivity contribution < 1.29 is 13.0 Å². The van der Waals surface area contributed by atoms with Crippen LogP contribution >= 0.6 is 0 Å². The summed E-state index contributed by atoms with van der Waals surface area (Å²) in [6, 6.07) is 0. The Morgan fingerprint density at radius 3 is 2.00 bits per heavy atom. The van der Waals surface area contributed by atoms with E-state index in [9.17, 15) is 8.42 Å². The van der Waals surface area contributed by atoms with Crippen molar-refractivity contribution in [1.29, 1.82) is 0 Å². The van der Waals surface area contributed by atoms with E-state index in [1.165, 1.54) is 13.0 Å². The summed E-state index contributed by atoms with van der Waals surface area (Å²) in [5.41, 5.74) is 0. The first-order chi connectivity index (χ1) is 5.48. The molecule has 1 N–H and O–H groups in total. The van der Waals surface area contributed by atoms with Gasteiger partial charge in [-0.2, -0.15) is 8.42 Å². The lowest BCUT2D eigenvalue weighted by Gasteiger charge is -1.90. The van der Waals surface area contributed by atoms with Crippen molar-refractivity contribution in [1.82, 2.24) is 0 Å². The molecule has 0 bridgehead atoms. The summed E-state index contributed by atoms with van der Waals surface area (Å²) in [5.74, 6) is 0. The topological polar surface area (TPSA) is 54.4 Å². The average Bonchev–Trinajstić information content (AvgIpc) is 2.02. The first-order valence-electron chi connectivity index (χ1n) is 3.75. The molecule has 0 aliphatic carbocycles. The van der Waals surface area contributed by atoms with E-state index in [1.807, 2.05) is 13.8 Å². The highest BCUT2D eigenvalue weighted by Gasteiger charge is 2.04. The zero-order valence-corrected chi connectivity index (χ0v) is 8.72. The third-order valence-corrected chi connectivity index (χ3v) is 1.88. The van der Waals surface area contributed by atoms with Gasteiger partial charge in [-0.25, -0.2) is 0 Å². The van der Waals surface area contributed by atoms with Crippen molar-refractivity contribution in [2.24, 2.45) is 0 Å². The Bertz CT molecular complexity index is 247. The molecule has 0 radical (unpaired) electrons. The van der Waals surface area contributed by atoms with Gasteiger partial charge in [-0.3, -0.25) is 4.55 Å². The van der Waals surface area contributed by atoms with Crippen LogP contribution in [0.4, 0.5) is 0 Å². The molecule has 0 unspecified atom stereocenters. The Balaban J connectivity index is 0. The van der Waals surface area contributed by atoms with Gasteiger partial charge in [-0.1, -0.05) is 26.0 Å². The quantitative estimate of drug-likeness (QED) is 0.540. The van der Waals surface area contributed by atoms with Crippen molar-refractivity contribution in [3.63, 3.8) is 0 Å². The van der Waals surface area contributed by atoms with Crippen LogP contribution < -0.4 is 0 Å². The summed E-state index contributed by atoms with van der Waals surface area (Å²) >= 11 is 0. The number of rotatable bonds is 2. The summed E-state index contributed by atoms with van der Waals surface area (Å²) < 4.78 is 29.0. The molecule has 0 aromatic rings. The van der Waals surface area contributed by atoms with Gasteiger partial charge in [0.25, 0.3) is 10.1 Å². The fraction of sp³-hybridized carbons (Fsp3) is 0.500. The smallest absolute Gasteiger partial charge is 0.282 e. The minimum atomic E-state index is -3.97. The maximum atomic E-state index is 10.3. The Hall–Kier alpha value is -0.610. The van der Waals surface area contributed by atoms with Crippen LogP contribution in [0.2, 0.25) is 0 Å². The van der Waals surface area contributed by atoms with Gasteiger partial charge in [-0.15, -0.1) is 0 Å². The molecule has 0 saturated heterocycles. The van der Waals surface area contributed by atoms with E-state index in [4.69, 9.17) is 4.55 Å². The molecule has 0 aliphatic rings. The van der Waals surface area contributed by atoms with E-state index in [1.54, 1.807) is 19.1 Å². The first-order valence-corrected chi connectivity index (χ1v) is 5.19. The molecule has 0 saturated carbocycles. The van der Waals surface area contributed by atoms with Crippen molar-refractivity contribution >= 4 is 10.1 Å². The van der Waals surface area contributed by atoms with Gasteiger partial charge in [0.2, 0.25) is 0 Å². The first kappa shape index (κ1) is 13.9. The highest BCUT2D eigenvalue weighted by atomic mass is 32.2. The molecule has 0 spiro atoms. The Morgan fingerprint density at radius 2 is 1.75 bits per heavy atom. The van der Waals surface area contributed by atoms with E-state index in [2.05, 4.69) is 0 Å². The summed E-state index contributed by atoms with van der Waals surface area (Å²) in [6.07, 6.45) is 4.55. The summed E-state index contributed by atoms with van der Waals surface area (Å²) in [4.78, 5) is -0.0504. The molecule has 12 heavy (non-hydrogen) atoms. The number of hydrogen-bond acceptors (Lipinski definition) is 2. The van der Waals surface area contributed by atoms with Crippen LogP contribution in [-0.2, 0) is 10.1 Å². The number of allylic oxidation sites excluding steroid dienone is 4. The Kier molecular flexibility index (Phi) is 8.21. The van der Waals surface area contributed by atoms with Crippen LogP contribution in [0.5, 0.6) is 0 Å². The van der Waals surface area contributed by atoms with Crippen molar-refractivity contribution in [2.45, 2.75) is 27.7 Å². The van der Waals surface area contributed by atoms with Gasteiger partial charge in [0.1, 0.15) is 0 Å². The van der Waals surface area contributed by atoms with Gasteiger partial charge >= 0.3 is 0 Å². The van der Waals surface area contributed by atoms with E-state index >= 15 is 0 Å². The minimum Gasteiger partial charge on any atom is -0.282 e. The summed E-state index contributed by atoms with van der Waals surface area (Å²) in [6.45, 7) is 7.09. The Labute approximate surface area is 74.5 Å². The van der Waals surface area contributed by atoms with Gasteiger partial charge in [0.05, 0.1) is 4.91 Å². The van der Waals surface area contributed by atoms with Gasteiger partial charge in [0, 0.05) is 0 Å². The average molecular weight is 192 g/mol. The van der Waals surface area contributed by atoms with Crippen LogP contribution in [-0.4, -0.2) is 13.0 Å². The zero-order chi connectivity index (χ0) is 10.2. The highest BCUT2D eigenvalue weighted by Crippen LogP contribution is 2.01. The van der Waals surface area contributed by atoms with E-state index < -0.39 is 10.1 Å². The molecule has 0 rings (SSSR count). The predicted molar refractivity (Wildman–Crippen MR) is 51.5 cm³/mol. The molecule has 0 aromatic carbocycles. The van der Waals surface area contributed by atoms with Crippen LogP contribution in [0.15, 0.2) is 23.1 Å². The molecule has 0 heterocycles. The van der Waals surface area contributed by atoms with E-state index in [0.29, 0.717) is 0 Å². The van der Waals surface area contributed by atoms with Crippen molar-refractivity contribution in [2.75, 3.05) is 0 Å². The standard InChI is InChI=1S/C6H10O3S.C2H6/c1-3-4-5-6(2)10(7,8)9;1-2/h3-5H,1-2H3,(H,7,8,9);1-2H3/b4-3-,6-5+;. The van der Waals surface area contributed by atoms with Crippen LogP contribution in [0, 0.1) is 0 Å². The second kappa shape index (κ2) is 7.06. The monoisotopic (exact) mass is 192 g/mol. The largest absolute Gasteiger partial charge is 0.290 e. The van der Waals surface area contributed by atoms with E-state index in [0.717, 1.165) is 0 Å². The second-order valence-corrected chi connectivity index (χ2v) is 3.37. The minimum absolute atomic E-state index is 0.0504. The number of hydrogen-bond donors (Lipinski definition) is 1. The predicted octanol–water partition coefficient (Wildman–Crippen LogP) is 2.38. The van der Waals surface area contributed by atoms with Gasteiger partial charge in [0.15, 0.2) is 0 Å². The molecule has 4 heteroatoms. The summed E-state index contributed by atoms with van der Waals surface area (Å²) in [5, 5.41) is 0. The molecule has 0 fully saturated rings. The van der Waals surface area contributed by atoms with Gasteiger partial charge in [-0.05, 0) is 19.9 Å². The molecule has 3 nitrogen and oxygen atoms in total. The molecular weight excluding hydrogens is 176 g/mol. The van der Waals surface area contributed by atoms with Crippen LogP contribution in [0.1, 0.15) is 27.7 Å². The normalized spacial score (nSPS) is 12.6. The molecule has 0 aliphatic heterocycles.